The van der Waals surface area contributed by atoms with Gasteiger partial charge in [-0.15, -0.1) is 0 Å². The molecule has 1 amide bonds. The predicted octanol–water partition coefficient (Wildman–Crippen LogP) is 2.05. The number of aromatic nitrogens is 3. The molecule has 1 N–H and O–H groups in total. The maximum atomic E-state index is 12.4. The molecule has 1 aliphatic rings. The maximum absolute atomic E-state index is 12.4. The minimum atomic E-state index is -0.278. The number of hydrogen-bond acceptors (Lipinski definition) is 6. The fourth-order valence-electron chi connectivity index (χ4n) is 3.75. The van der Waals surface area contributed by atoms with E-state index in [-0.39, 0.29) is 24.2 Å². The van der Waals surface area contributed by atoms with Crippen LogP contribution < -0.4 is 10.2 Å². The smallest absolute Gasteiger partial charge is 0.307 e. The number of fused-ring (bicyclic) bond motifs is 1. The molecule has 1 fully saturated rings. The van der Waals surface area contributed by atoms with Crippen LogP contribution in [0.4, 0.5) is 5.82 Å². The Morgan fingerprint density at radius 3 is 2.71 bits per heavy atom. The van der Waals surface area contributed by atoms with Crippen molar-refractivity contribution in [2.24, 2.45) is 5.92 Å². The molecular formula is C20H29N5O3. The number of nitrogens with zero attached hydrogens (tertiary/aromatic N) is 4. The van der Waals surface area contributed by atoms with Crippen molar-refractivity contribution in [2.45, 2.75) is 46.6 Å². The van der Waals surface area contributed by atoms with Crippen LogP contribution in [0.5, 0.6) is 0 Å². The second kappa shape index (κ2) is 9.03. The largest absolute Gasteiger partial charge is 0.466 e. The number of anilines is 1. The summed E-state index contributed by atoms with van der Waals surface area (Å²) in [4.78, 5) is 30.6. The minimum absolute atomic E-state index is 0.0181. The zero-order valence-corrected chi connectivity index (χ0v) is 16.9. The minimum Gasteiger partial charge on any atom is -0.466 e. The Bertz CT molecular complexity index is 840. The topological polar surface area (TPSA) is 89.3 Å². The standard InChI is InChI=1S/C20H29N5O3/c1-4-25-18-16(14(3)23-25)6-10-21-19(18)24-12-8-15(9-13-24)20(27)22-11-7-17(26)28-5-2/h6,10,15H,4-5,7-9,11-13H2,1-3H3,(H,22,27). The average molecular weight is 387 g/mol. The van der Waals surface area contributed by atoms with Gasteiger partial charge in [0.1, 0.15) is 5.52 Å². The number of piperidine rings is 1. The van der Waals surface area contributed by atoms with Crippen LogP contribution in [0.3, 0.4) is 0 Å². The van der Waals surface area contributed by atoms with Crippen LogP contribution in [0.1, 0.15) is 38.8 Å². The van der Waals surface area contributed by atoms with Crippen LogP contribution in [0, 0.1) is 12.8 Å². The van der Waals surface area contributed by atoms with Crippen LogP contribution in [-0.2, 0) is 20.9 Å². The normalized spacial score (nSPS) is 15.0. The monoisotopic (exact) mass is 387 g/mol. The highest BCUT2D eigenvalue weighted by molar-refractivity contribution is 5.91. The molecule has 3 heterocycles. The first kappa shape index (κ1) is 20.1. The lowest BCUT2D eigenvalue weighted by atomic mass is 9.95. The highest BCUT2D eigenvalue weighted by Crippen LogP contribution is 2.30. The van der Waals surface area contributed by atoms with Crippen molar-refractivity contribution in [1.82, 2.24) is 20.1 Å². The molecule has 8 nitrogen and oxygen atoms in total. The summed E-state index contributed by atoms with van der Waals surface area (Å²) in [5, 5.41) is 8.61. The number of pyridine rings is 1. The van der Waals surface area contributed by atoms with E-state index in [2.05, 4.69) is 27.2 Å². The van der Waals surface area contributed by atoms with Gasteiger partial charge in [0.25, 0.3) is 0 Å². The Labute approximate surface area is 165 Å². The number of hydrogen-bond donors (Lipinski definition) is 1. The number of nitrogens with one attached hydrogen (secondary N) is 1. The number of ether oxygens (including phenoxy) is 1. The van der Waals surface area contributed by atoms with Gasteiger partial charge >= 0.3 is 5.97 Å². The SMILES string of the molecule is CCOC(=O)CCNC(=O)C1CCN(c2nccc3c(C)nn(CC)c23)CC1. The average Bonchev–Trinajstić information content (AvgIpc) is 3.04. The van der Waals surface area contributed by atoms with Gasteiger partial charge in [0.05, 0.1) is 18.7 Å². The van der Waals surface area contributed by atoms with E-state index in [0.29, 0.717) is 13.2 Å². The molecule has 0 atom stereocenters. The lowest BCUT2D eigenvalue weighted by molar-refractivity contribution is -0.143. The lowest BCUT2D eigenvalue weighted by Gasteiger charge is -2.32. The van der Waals surface area contributed by atoms with Gasteiger partial charge in [0.15, 0.2) is 5.82 Å². The third-order valence-corrected chi connectivity index (χ3v) is 5.22. The summed E-state index contributed by atoms with van der Waals surface area (Å²) >= 11 is 0. The second-order valence-electron chi connectivity index (χ2n) is 7.04. The van der Waals surface area contributed by atoms with E-state index in [1.807, 2.05) is 23.9 Å². The van der Waals surface area contributed by atoms with Gasteiger partial charge in [-0.05, 0) is 39.7 Å². The molecule has 0 bridgehead atoms. The highest BCUT2D eigenvalue weighted by Gasteiger charge is 2.27. The first-order chi connectivity index (χ1) is 13.5. The summed E-state index contributed by atoms with van der Waals surface area (Å²) in [5.74, 6) is 0.653. The molecule has 1 aliphatic heterocycles. The molecule has 152 valence electrons. The van der Waals surface area contributed by atoms with Crippen molar-refractivity contribution in [3.05, 3.63) is 18.0 Å². The zero-order valence-electron chi connectivity index (χ0n) is 16.9. The van der Waals surface area contributed by atoms with Crippen molar-refractivity contribution in [3.8, 4) is 0 Å². The summed E-state index contributed by atoms with van der Waals surface area (Å²) in [6.45, 7) is 8.90. The summed E-state index contributed by atoms with van der Waals surface area (Å²) in [6.07, 6.45) is 3.58. The molecule has 0 unspecified atom stereocenters. The van der Waals surface area contributed by atoms with Crippen LogP contribution >= 0.6 is 0 Å². The van der Waals surface area contributed by atoms with Gasteiger partial charge in [-0.25, -0.2) is 4.98 Å². The molecule has 8 heteroatoms. The number of esters is 1. The van der Waals surface area contributed by atoms with Crippen LogP contribution in [0.25, 0.3) is 10.9 Å². The van der Waals surface area contributed by atoms with Gasteiger partial charge in [-0.2, -0.15) is 5.10 Å². The van der Waals surface area contributed by atoms with Gasteiger partial charge in [-0.1, -0.05) is 0 Å². The third-order valence-electron chi connectivity index (χ3n) is 5.22. The van der Waals surface area contributed by atoms with Gasteiger partial charge in [0, 0.05) is 43.7 Å². The molecule has 28 heavy (non-hydrogen) atoms. The number of carbonyl (C=O) groups excluding carboxylic acids is 2. The third kappa shape index (κ3) is 4.26. The van der Waals surface area contributed by atoms with Crippen molar-refractivity contribution >= 4 is 28.6 Å². The summed E-state index contributed by atoms with van der Waals surface area (Å²) in [7, 11) is 0. The van der Waals surface area contributed by atoms with E-state index in [1.54, 1.807) is 6.92 Å². The number of amides is 1. The Kier molecular flexibility index (Phi) is 6.49. The Morgan fingerprint density at radius 2 is 2.04 bits per heavy atom. The lowest BCUT2D eigenvalue weighted by Crippen LogP contribution is -2.41. The molecule has 3 rings (SSSR count). The Hall–Kier alpha value is -2.64. The van der Waals surface area contributed by atoms with E-state index in [0.717, 1.165) is 54.9 Å². The van der Waals surface area contributed by atoms with Gasteiger partial charge < -0.3 is 15.0 Å². The second-order valence-corrected chi connectivity index (χ2v) is 7.04. The van der Waals surface area contributed by atoms with Crippen molar-refractivity contribution in [2.75, 3.05) is 31.1 Å². The first-order valence-corrected chi connectivity index (χ1v) is 10.1. The van der Waals surface area contributed by atoms with Crippen LogP contribution in [0.2, 0.25) is 0 Å². The van der Waals surface area contributed by atoms with Crippen molar-refractivity contribution < 1.29 is 14.3 Å². The molecule has 0 aliphatic carbocycles. The summed E-state index contributed by atoms with van der Waals surface area (Å²) < 4.78 is 6.88. The summed E-state index contributed by atoms with van der Waals surface area (Å²) in [5.41, 5.74) is 2.08. The first-order valence-electron chi connectivity index (χ1n) is 10.1. The van der Waals surface area contributed by atoms with E-state index in [9.17, 15) is 9.59 Å². The van der Waals surface area contributed by atoms with E-state index in [4.69, 9.17) is 4.74 Å². The molecule has 1 saturated heterocycles. The van der Waals surface area contributed by atoms with Gasteiger partial charge in [-0.3, -0.25) is 14.3 Å². The fraction of sp³-hybridized carbons (Fsp3) is 0.600. The fourth-order valence-corrected chi connectivity index (χ4v) is 3.75. The molecule has 0 radical (unpaired) electrons. The van der Waals surface area contributed by atoms with Gasteiger partial charge in [0.2, 0.25) is 5.91 Å². The number of carbonyl (C=O) groups is 2. The maximum Gasteiger partial charge on any atom is 0.307 e. The van der Waals surface area contributed by atoms with Crippen LogP contribution in [-0.4, -0.2) is 52.9 Å². The van der Waals surface area contributed by atoms with Crippen molar-refractivity contribution in [3.63, 3.8) is 0 Å². The van der Waals surface area contributed by atoms with Crippen molar-refractivity contribution in [1.29, 1.82) is 0 Å². The molecule has 0 saturated carbocycles. The Balaban J connectivity index is 1.59. The highest BCUT2D eigenvalue weighted by atomic mass is 16.5. The van der Waals surface area contributed by atoms with E-state index < -0.39 is 0 Å². The van der Waals surface area contributed by atoms with E-state index in [1.165, 1.54) is 0 Å². The number of aryl methyl sites for hydroxylation is 2. The number of rotatable bonds is 7. The molecule has 2 aromatic rings. The van der Waals surface area contributed by atoms with Crippen LogP contribution in [0.15, 0.2) is 12.3 Å². The Morgan fingerprint density at radius 1 is 1.29 bits per heavy atom. The molecule has 2 aromatic heterocycles. The summed E-state index contributed by atoms with van der Waals surface area (Å²) in [6, 6.07) is 2.01. The molecular weight excluding hydrogens is 358 g/mol. The zero-order chi connectivity index (χ0) is 20.1. The predicted molar refractivity (Wildman–Crippen MR) is 107 cm³/mol. The molecule has 0 aromatic carbocycles. The molecule has 0 spiro atoms. The quantitative estimate of drug-likeness (QED) is 0.732. The van der Waals surface area contributed by atoms with E-state index >= 15 is 0 Å².